The third-order valence-corrected chi connectivity index (χ3v) is 3.21. The van der Waals surface area contributed by atoms with E-state index in [0.717, 1.165) is 12.1 Å². The second kappa shape index (κ2) is 6.62. The van der Waals surface area contributed by atoms with Gasteiger partial charge in [-0.15, -0.1) is 0 Å². The van der Waals surface area contributed by atoms with Crippen LogP contribution in [0.4, 0.5) is 5.69 Å². The fourth-order valence-corrected chi connectivity index (χ4v) is 1.77. The number of hydrogen-bond acceptors (Lipinski definition) is 3. The standard InChI is InChI=1S/C14H23NO2/c1-4-11(2)12-5-7-13(8-6-12)15(3)9-14(17)10-16/h5-8,11,14,16-17H,4,9-10H2,1-3H3. The zero-order chi connectivity index (χ0) is 12.8. The molecular formula is C14H23NO2. The molecule has 0 radical (unpaired) electrons. The van der Waals surface area contributed by atoms with Gasteiger partial charge in [-0.05, 0) is 30.0 Å². The van der Waals surface area contributed by atoms with Crippen LogP contribution in [-0.2, 0) is 0 Å². The number of nitrogens with zero attached hydrogens (tertiary/aromatic N) is 1. The van der Waals surface area contributed by atoms with Crippen LogP contribution in [0.1, 0.15) is 31.7 Å². The van der Waals surface area contributed by atoms with Crippen LogP contribution >= 0.6 is 0 Å². The van der Waals surface area contributed by atoms with Gasteiger partial charge >= 0.3 is 0 Å². The average Bonchev–Trinajstić information content (AvgIpc) is 2.37. The number of aliphatic hydroxyl groups is 2. The van der Waals surface area contributed by atoms with Gasteiger partial charge in [-0.25, -0.2) is 0 Å². The molecule has 0 aromatic heterocycles. The molecule has 0 fully saturated rings. The van der Waals surface area contributed by atoms with Crippen molar-refractivity contribution in [2.24, 2.45) is 0 Å². The Morgan fingerprint density at radius 1 is 1.24 bits per heavy atom. The molecule has 0 bridgehead atoms. The summed E-state index contributed by atoms with van der Waals surface area (Å²) in [5.41, 5.74) is 2.40. The van der Waals surface area contributed by atoms with Gasteiger partial charge in [0.25, 0.3) is 0 Å². The quantitative estimate of drug-likeness (QED) is 0.795. The van der Waals surface area contributed by atoms with Gasteiger partial charge in [0, 0.05) is 19.3 Å². The van der Waals surface area contributed by atoms with E-state index in [1.165, 1.54) is 5.56 Å². The lowest BCUT2D eigenvalue weighted by atomic mass is 9.98. The highest BCUT2D eigenvalue weighted by molar-refractivity contribution is 5.47. The summed E-state index contributed by atoms with van der Waals surface area (Å²) in [5, 5.41) is 18.2. The summed E-state index contributed by atoms with van der Waals surface area (Å²) in [6.07, 6.45) is 0.451. The van der Waals surface area contributed by atoms with Crippen molar-refractivity contribution in [1.82, 2.24) is 0 Å². The number of benzene rings is 1. The molecule has 0 aliphatic heterocycles. The first-order chi connectivity index (χ1) is 8.08. The lowest BCUT2D eigenvalue weighted by molar-refractivity contribution is 0.101. The Hall–Kier alpha value is -1.06. The van der Waals surface area contributed by atoms with Gasteiger partial charge in [-0.2, -0.15) is 0 Å². The number of hydrogen-bond donors (Lipinski definition) is 2. The van der Waals surface area contributed by atoms with Crippen molar-refractivity contribution in [2.45, 2.75) is 32.3 Å². The van der Waals surface area contributed by atoms with E-state index < -0.39 is 6.10 Å². The van der Waals surface area contributed by atoms with Crippen LogP contribution in [0.2, 0.25) is 0 Å². The monoisotopic (exact) mass is 237 g/mol. The molecule has 3 nitrogen and oxygen atoms in total. The first kappa shape index (κ1) is 14.0. The highest BCUT2D eigenvalue weighted by Gasteiger charge is 2.08. The molecule has 3 heteroatoms. The van der Waals surface area contributed by atoms with Gasteiger partial charge in [-0.1, -0.05) is 26.0 Å². The van der Waals surface area contributed by atoms with Gasteiger partial charge in [0.2, 0.25) is 0 Å². The van der Waals surface area contributed by atoms with Crippen molar-refractivity contribution < 1.29 is 10.2 Å². The maximum Gasteiger partial charge on any atom is 0.0945 e. The normalized spacial score (nSPS) is 14.4. The first-order valence-electron chi connectivity index (χ1n) is 6.18. The van der Waals surface area contributed by atoms with E-state index in [0.29, 0.717) is 12.5 Å². The molecule has 2 N–H and O–H groups in total. The van der Waals surface area contributed by atoms with Crippen molar-refractivity contribution in [3.63, 3.8) is 0 Å². The molecule has 17 heavy (non-hydrogen) atoms. The van der Waals surface area contributed by atoms with Gasteiger partial charge in [0.15, 0.2) is 0 Å². The summed E-state index contributed by atoms with van der Waals surface area (Å²) in [6.45, 7) is 4.64. The summed E-state index contributed by atoms with van der Waals surface area (Å²) >= 11 is 0. The minimum Gasteiger partial charge on any atom is -0.394 e. The minimum absolute atomic E-state index is 0.199. The van der Waals surface area contributed by atoms with Gasteiger partial charge in [0.1, 0.15) is 0 Å². The number of rotatable bonds is 6. The molecule has 0 amide bonds. The number of likely N-dealkylation sites (N-methyl/N-ethyl adjacent to an activating group) is 1. The highest BCUT2D eigenvalue weighted by atomic mass is 16.3. The van der Waals surface area contributed by atoms with Gasteiger partial charge in [-0.3, -0.25) is 0 Å². The summed E-state index contributed by atoms with van der Waals surface area (Å²) in [7, 11) is 1.91. The minimum atomic E-state index is -0.686. The number of anilines is 1. The third kappa shape index (κ3) is 4.02. The largest absolute Gasteiger partial charge is 0.394 e. The van der Waals surface area contributed by atoms with Crippen LogP contribution in [0.5, 0.6) is 0 Å². The predicted octanol–water partition coefficient (Wildman–Crippen LogP) is 1.99. The molecule has 0 saturated carbocycles. The van der Waals surface area contributed by atoms with Crippen LogP contribution in [0, 0.1) is 0 Å². The van der Waals surface area contributed by atoms with Crippen molar-refractivity contribution in [3.8, 4) is 0 Å². The van der Waals surface area contributed by atoms with Crippen LogP contribution in [0.25, 0.3) is 0 Å². The Morgan fingerprint density at radius 3 is 2.29 bits per heavy atom. The van der Waals surface area contributed by atoms with Crippen molar-refractivity contribution >= 4 is 5.69 Å². The maximum absolute atomic E-state index is 9.38. The summed E-state index contributed by atoms with van der Waals surface area (Å²) in [4.78, 5) is 1.95. The van der Waals surface area contributed by atoms with E-state index in [1.54, 1.807) is 0 Å². The fraction of sp³-hybridized carbons (Fsp3) is 0.571. The lowest BCUT2D eigenvalue weighted by Gasteiger charge is -2.22. The highest BCUT2D eigenvalue weighted by Crippen LogP contribution is 2.21. The maximum atomic E-state index is 9.38. The van der Waals surface area contributed by atoms with E-state index in [4.69, 9.17) is 5.11 Å². The lowest BCUT2D eigenvalue weighted by Crippen LogP contribution is -2.31. The van der Waals surface area contributed by atoms with Crippen molar-refractivity contribution in [1.29, 1.82) is 0 Å². The Morgan fingerprint density at radius 2 is 1.82 bits per heavy atom. The molecule has 0 saturated heterocycles. The molecule has 0 heterocycles. The fourth-order valence-electron chi connectivity index (χ4n) is 1.77. The van der Waals surface area contributed by atoms with E-state index in [1.807, 2.05) is 11.9 Å². The Balaban J connectivity index is 2.66. The van der Waals surface area contributed by atoms with Crippen LogP contribution in [0.3, 0.4) is 0 Å². The molecule has 96 valence electrons. The van der Waals surface area contributed by atoms with Crippen LogP contribution in [0.15, 0.2) is 24.3 Å². The number of aliphatic hydroxyl groups excluding tert-OH is 2. The van der Waals surface area contributed by atoms with E-state index in [9.17, 15) is 5.11 Å². The van der Waals surface area contributed by atoms with Crippen LogP contribution < -0.4 is 4.90 Å². The SMILES string of the molecule is CCC(C)c1ccc(N(C)CC(O)CO)cc1. The van der Waals surface area contributed by atoms with E-state index in [-0.39, 0.29) is 6.61 Å². The molecular weight excluding hydrogens is 214 g/mol. The van der Waals surface area contributed by atoms with Gasteiger partial charge in [0.05, 0.1) is 12.7 Å². The van der Waals surface area contributed by atoms with E-state index in [2.05, 4.69) is 38.1 Å². The molecule has 0 spiro atoms. The molecule has 2 unspecified atom stereocenters. The Kier molecular flexibility index (Phi) is 5.45. The predicted molar refractivity (Wildman–Crippen MR) is 71.5 cm³/mol. The molecule has 1 aromatic rings. The zero-order valence-corrected chi connectivity index (χ0v) is 10.9. The second-order valence-corrected chi connectivity index (χ2v) is 4.62. The van der Waals surface area contributed by atoms with E-state index >= 15 is 0 Å². The second-order valence-electron chi connectivity index (χ2n) is 4.62. The average molecular weight is 237 g/mol. The van der Waals surface area contributed by atoms with Crippen LogP contribution in [-0.4, -0.2) is 36.5 Å². The Labute approximate surface area is 104 Å². The topological polar surface area (TPSA) is 43.7 Å². The molecule has 0 aliphatic rings. The third-order valence-electron chi connectivity index (χ3n) is 3.21. The van der Waals surface area contributed by atoms with Crippen molar-refractivity contribution in [2.75, 3.05) is 25.1 Å². The summed E-state index contributed by atoms with van der Waals surface area (Å²) in [6, 6.07) is 8.38. The van der Waals surface area contributed by atoms with Crippen molar-refractivity contribution in [3.05, 3.63) is 29.8 Å². The zero-order valence-electron chi connectivity index (χ0n) is 10.9. The smallest absolute Gasteiger partial charge is 0.0945 e. The molecule has 0 aliphatic carbocycles. The Bertz CT molecular complexity index is 323. The summed E-state index contributed by atoms with van der Waals surface area (Å²) < 4.78 is 0. The molecule has 1 aromatic carbocycles. The first-order valence-corrected chi connectivity index (χ1v) is 6.18. The molecule has 2 atom stereocenters. The summed E-state index contributed by atoms with van der Waals surface area (Å²) in [5.74, 6) is 0.581. The molecule has 1 rings (SSSR count). The van der Waals surface area contributed by atoms with Gasteiger partial charge < -0.3 is 15.1 Å².